The summed E-state index contributed by atoms with van der Waals surface area (Å²) < 4.78 is 0. The second-order valence-electron chi connectivity index (χ2n) is 7.68. The predicted molar refractivity (Wildman–Crippen MR) is 97.3 cm³/mol. The van der Waals surface area contributed by atoms with Crippen molar-refractivity contribution in [1.29, 1.82) is 0 Å². The van der Waals surface area contributed by atoms with Crippen LogP contribution in [0, 0.1) is 0 Å². The van der Waals surface area contributed by atoms with Gasteiger partial charge >= 0.3 is 0 Å². The van der Waals surface area contributed by atoms with Gasteiger partial charge in [-0.15, -0.1) is 0 Å². The van der Waals surface area contributed by atoms with Crippen LogP contribution in [-0.2, 0) is 17.6 Å². The highest BCUT2D eigenvalue weighted by atomic mass is 16.2. The van der Waals surface area contributed by atoms with Crippen molar-refractivity contribution in [1.82, 2.24) is 9.80 Å². The molecule has 2 aliphatic heterocycles. The molecule has 1 aromatic rings. The van der Waals surface area contributed by atoms with Crippen molar-refractivity contribution >= 4 is 11.6 Å². The Morgan fingerprint density at radius 2 is 1.96 bits per heavy atom. The van der Waals surface area contributed by atoms with Gasteiger partial charge < -0.3 is 5.32 Å². The van der Waals surface area contributed by atoms with Crippen LogP contribution in [0.15, 0.2) is 18.2 Å². The Bertz CT molecular complexity index is 615. The maximum absolute atomic E-state index is 12.7. The van der Waals surface area contributed by atoms with E-state index in [0.29, 0.717) is 6.04 Å². The van der Waals surface area contributed by atoms with Crippen LogP contribution in [0.4, 0.5) is 5.69 Å². The lowest BCUT2D eigenvalue weighted by Gasteiger charge is -2.29. The maximum atomic E-state index is 12.7. The van der Waals surface area contributed by atoms with Gasteiger partial charge in [-0.25, -0.2) is 0 Å². The molecule has 4 rings (SSSR count). The lowest BCUT2D eigenvalue weighted by atomic mass is 10.1. The Labute approximate surface area is 145 Å². The smallest absolute Gasteiger partial charge is 0.241 e. The Morgan fingerprint density at radius 3 is 2.88 bits per heavy atom. The zero-order valence-corrected chi connectivity index (χ0v) is 14.8. The second-order valence-corrected chi connectivity index (χ2v) is 7.68. The number of carbonyl (C=O) groups is 1. The van der Waals surface area contributed by atoms with Gasteiger partial charge in [0.15, 0.2) is 0 Å². The molecule has 1 aromatic carbocycles. The molecule has 2 atom stereocenters. The number of carbonyl (C=O) groups excluding carboxylic acids is 1. The van der Waals surface area contributed by atoms with Crippen molar-refractivity contribution in [3.05, 3.63) is 29.3 Å². The van der Waals surface area contributed by atoms with E-state index in [-0.39, 0.29) is 11.9 Å². The number of nitrogens with one attached hydrogen (secondary N) is 1. The summed E-state index contributed by atoms with van der Waals surface area (Å²) in [5.74, 6) is 0.138. The van der Waals surface area contributed by atoms with Crippen LogP contribution in [0.3, 0.4) is 0 Å². The van der Waals surface area contributed by atoms with Gasteiger partial charge in [-0.05, 0) is 81.8 Å². The summed E-state index contributed by atoms with van der Waals surface area (Å²) in [5.41, 5.74) is 3.83. The molecule has 4 nitrogen and oxygen atoms in total. The molecule has 24 heavy (non-hydrogen) atoms. The molecule has 1 amide bonds. The second kappa shape index (κ2) is 6.85. The summed E-state index contributed by atoms with van der Waals surface area (Å²) in [6.07, 6.45) is 7.36. The number of aryl methyl sites for hydroxylation is 2. The van der Waals surface area contributed by atoms with E-state index in [4.69, 9.17) is 0 Å². The van der Waals surface area contributed by atoms with Crippen LogP contribution in [-0.4, -0.2) is 54.0 Å². The van der Waals surface area contributed by atoms with Gasteiger partial charge in [0.05, 0.1) is 6.04 Å². The average Bonchev–Trinajstić information content (AvgIpc) is 3.18. The van der Waals surface area contributed by atoms with Crippen molar-refractivity contribution in [2.75, 3.05) is 31.5 Å². The topological polar surface area (TPSA) is 35.6 Å². The minimum absolute atomic E-state index is 0.0567. The summed E-state index contributed by atoms with van der Waals surface area (Å²) in [6, 6.07) is 7.02. The third kappa shape index (κ3) is 3.22. The van der Waals surface area contributed by atoms with Gasteiger partial charge in [-0.2, -0.15) is 0 Å². The van der Waals surface area contributed by atoms with Crippen LogP contribution >= 0.6 is 0 Å². The van der Waals surface area contributed by atoms with E-state index in [9.17, 15) is 4.79 Å². The molecule has 1 N–H and O–H groups in total. The molecule has 0 bridgehead atoms. The number of benzene rings is 1. The van der Waals surface area contributed by atoms with E-state index in [0.717, 1.165) is 25.2 Å². The molecule has 1 aliphatic carbocycles. The Balaban J connectivity index is 1.40. The minimum atomic E-state index is -0.0567. The number of nitrogens with zero attached hydrogens (tertiary/aromatic N) is 2. The zero-order chi connectivity index (χ0) is 16.5. The van der Waals surface area contributed by atoms with E-state index in [1.807, 2.05) is 0 Å². The van der Waals surface area contributed by atoms with Gasteiger partial charge in [0.25, 0.3) is 0 Å². The fourth-order valence-corrected chi connectivity index (χ4v) is 4.65. The highest BCUT2D eigenvalue weighted by Gasteiger charge is 2.32. The Hall–Kier alpha value is -1.39. The molecular weight excluding hydrogens is 298 g/mol. The average molecular weight is 327 g/mol. The van der Waals surface area contributed by atoms with Crippen molar-refractivity contribution in [3.63, 3.8) is 0 Å². The molecule has 0 saturated carbocycles. The first-order valence-corrected chi connectivity index (χ1v) is 9.61. The van der Waals surface area contributed by atoms with Crippen molar-refractivity contribution in [3.8, 4) is 0 Å². The first-order chi connectivity index (χ1) is 11.7. The number of hydrogen-bond donors (Lipinski definition) is 1. The zero-order valence-electron chi connectivity index (χ0n) is 14.8. The van der Waals surface area contributed by atoms with Crippen LogP contribution in [0.1, 0.15) is 43.7 Å². The molecule has 0 radical (unpaired) electrons. The quantitative estimate of drug-likeness (QED) is 0.927. The highest BCUT2D eigenvalue weighted by molar-refractivity contribution is 5.94. The molecule has 0 unspecified atom stereocenters. The van der Waals surface area contributed by atoms with Gasteiger partial charge in [0.1, 0.15) is 0 Å². The summed E-state index contributed by atoms with van der Waals surface area (Å²) in [6.45, 7) is 6.58. The van der Waals surface area contributed by atoms with Crippen molar-refractivity contribution < 1.29 is 4.79 Å². The van der Waals surface area contributed by atoms with E-state index in [1.54, 1.807) is 0 Å². The Kier molecular flexibility index (Phi) is 4.59. The van der Waals surface area contributed by atoms with Crippen LogP contribution in [0.25, 0.3) is 0 Å². The molecule has 2 heterocycles. The number of rotatable bonds is 3. The molecule has 4 heteroatoms. The van der Waals surface area contributed by atoms with Gasteiger partial charge in [-0.3, -0.25) is 14.6 Å². The third-order valence-corrected chi connectivity index (χ3v) is 6.13. The van der Waals surface area contributed by atoms with Crippen molar-refractivity contribution in [2.24, 2.45) is 0 Å². The maximum Gasteiger partial charge on any atom is 0.241 e. The van der Waals surface area contributed by atoms with E-state index >= 15 is 0 Å². The normalized spacial score (nSPS) is 25.8. The molecule has 2 saturated heterocycles. The molecule has 3 aliphatic rings. The third-order valence-electron chi connectivity index (χ3n) is 6.13. The lowest BCUT2D eigenvalue weighted by Crippen LogP contribution is -2.46. The Morgan fingerprint density at radius 1 is 1.12 bits per heavy atom. The summed E-state index contributed by atoms with van der Waals surface area (Å²) in [4.78, 5) is 17.8. The largest absolute Gasteiger partial charge is 0.325 e. The first kappa shape index (κ1) is 16.1. The monoisotopic (exact) mass is 327 g/mol. The molecule has 0 spiro atoms. The van der Waals surface area contributed by atoms with E-state index in [1.165, 1.54) is 56.3 Å². The van der Waals surface area contributed by atoms with Crippen LogP contribution < -0.4 is 5.32 Å². The fourth-order valence-electron chi connectivity index (χ4n) is 4.65. The SMILES string of the molecule is C[C@H](C(=O)Nc1ccc2c(c1)CCC2)N1CCCN2CCC[C@@H]2C1. The predicted octanol–water partition coefficient (Wildman–Crippen LogP) is 2.67. The van der Waals surface area contributed by atoms with Crippen molar-refractivity contribution in [2.45, 2.75) is 57.5 Å². The summed E-state index contributed by atoms with van der Waals surface area (Å²) in [7, 11) is 0. The van der Waals surface area contributed by atoms with Gasteiger partial charge in [0, 0.05) is 24.8 Å². The molecule has 130 valence electrons. The van der Waals surface area contributed by atoms with Gasteiger partial charge in [0.2, 0.25) is 5.91 Å². The number of fused-ring (bicyclic) bond motifs is 2. The summed E-state index contributed by atoms with van der Waals surface area (Å²) >= 11 is 0. The highest BCUT2D eigenvalue weighted by Crippen LogP contribution is 2.26. The van der Waals surface area contributed by atoms with E-state index in [2.05, 4.69) is 40.2 Å². The number of anilines is 1. The van der Waals surface area contributed by atoms with Crippen LogP contribution in [0.5, 0.6) is 0 Å². The van der Waals surface area contributed by atoms with Gasteiger partial charge in [-0.1, -0.05) is 6.07 Å². The molecule has 2 fully saturated rings. The van der Waals surface area contributed by atoms with E-state index < -0.39 is 0 Å². The number of hydrogen-bond acceptors (Lipinski definition) is 3. The summed E-state index contributed by atoms with van der Waals surface area (Å²) in [5, 5.41) is 3.15. The lowest BCUT2D eigenvalue weighted by molar-refractivity contribution is -0.120. The van der Waals surface area contributed by atoms with Crippen LogP contribution in [0.2, 0.25) is 0 Å². The molecular formula is C20H29N3O. The fraction of sp³-hybridized carbons (Fsp3) is 0.650. The first-order valence-electron chi connectivity index (χ1n) is 9.61. The minimum Gasteiger partial charge on any atom is -0.325 e. The molecule has 0 aromatic heterocycles. The number of amides is 1. The standard InChI is InChI=1S/C20H29N3O/c1-15(23-12-4-11-22-10-3-7-19(22)14-23)20(24)21-18-9-8-16-5-2-6-17(16)13-18/h8-9,13,15,19H,2-7,10-12,14H2,1H3,(H,21,24)/t15-,19-/m1/s1.